The van der Waals surface area contributed by atoms with Crippen LogP contribution in [-0.4, -0.2) is 41.5 Å². The van der Waals surface area contributed by atoms with E-state index in [0.29, 0.717) is 24.5 Å². The molecule has 6 heteroatoms. The number of aryl methyl sites for hydroxylation is 1. The molecule has 0 aromatic heterocycles. The van der Waals surface area contributed by atoms with Crippen LogP contribution in [0.4, 0.5) is 0 Å². The van der Waals surface area contributed by atoms with Gasteiger partial charge in [-0.05, 0) is 92.5 Å². The minimum atomic E-state index is -0.498. The van der Waals surface area contributed by atoms with Crippen molar-refractivity contribution in [1.82, 2.24) is 4.90 Å². The van der Waals surface area contributed by atoms with Crippen molar-refractivity contribution in [3.05, 3.63) is 70.2 Å². The number of nitrogens with zero attached hydrogens (tertiary/aromatic N) is 1. The summed E-state index contributed by atoms with van der Waals surface area (Å²) in [6, 6.07) is 16.2. The molecular formula is C31H39ClN2O3. The molecule has 198 valence electrons. The maximum Gasteiger partial charge on any atom is 0.306 e. The number of fused-ring (bicyclic) bond motifs is 1. The van der Waals surface area contributed by atoms with Gasteiger partial charge in [0.05, 0.1) is 12.3 Å². The van der Waals surface area contributed by atoms with Crippen molar-refractivity contribution < 1.29 is 14.3 Å². The lowest BCUT2D eigenvalue weighted by Gasteiger charge is -2.42. The molecule has 0 bridgehead atoms. The molecule has 2 aromatic carbocycles. The lowest BCUT2D eigenvalue weighted by atomic mass is 9.81. The minimum absolute atomic E-state index is 0.001000. The van der Waals surface area contributed by atoms with E-state index >= 15 is 0 Å². The number of amides is 1. The SMILES string of the molecule is N[C@@]1(Cc2ccc(Cl)cc2)CCCN(C(=O)[C@@H](CC(=O)OC2CCCCC2)[C@@H]2CCc3ccccc32)C1. The van der Waals surface area contributed by atoms with Crippen LogP contribution in [0.1, 0.15) is 80.4 Å². The van der Waals surface area contributed by atoms with Crippen molar-refractivity contribution in [2.24, 2.45) is 11.7 Å². The van der Waals surface area contributed by atoms with Gasteiger partial charge in [-0.2, -0.15) is 0 Å². The fraction of sp³-hybridized carbons (Fsp3) is 0.548. The summed E-state index contributed by atoms with van der Waals surface area (Å²) in [6.07, 6.45) is 9.67. The van der Waals surface area contributed by atoms with Crippen LogP contribution in [-0.2, 0) is 27.2 Å². The molecule has 1 heterocycles. The Balaban J connectivity index is 1.33. The maximum absolute atomic E-state index is 14.2. The summed E-state index contributed by atoms with van der Waals surface area (Å²) in [5.41, 5.74) is 10.0. The van der Waals surface area contributed by atoms with Gasteiger partial charge in [-0.1, -0.05) is 54.4 Å². The molecule has 3 atom stereocenters. The van der Waals surface area contributed by atoms with Crippen molar-refractivity contribution in [2.45, 2.75) is 88.2 Å². The smallest absolute Gasteiger partial charge is 0.306 e. The molecule has 3 aliphatic rings. The average Bonchev–Trinajstić information content (AvgIpc) is 3.33. The molecule has 5 rings (SSSR count). The Hall–Kier alpha value is -2.37. The number of benzene rings is 2. The molecule has 0 unspecified atom stereocenters. The summed E-state index contributed by atoms with van der Waals surface area (Å²) >= 11 is 6.07. The van der Waals surface area contributed by atoms with E-state index in [-0.39, 0.29) is 30.3 Å². The Morgan fingerprint density at radius 1 is 1.03 bits per heavy atom. The Labute approximate surface area is 225 Å². The van der Waals surface area contributed by atoms with E-state index in [9.17, 15) is 9.59 Å². The Morgan fingerprint density at radius 3 is 2.57 bits per heavy atom. The van der Waals surface area contributed by atoms with Crippen molar-refractivity contribution in [3.63, 3.8) is 0 Å². The molecule has 1 saturated heterocycles. The third-order valence-electron chi connectivity index (χ3n) is 8.61. The standard InChI is InChI=1S/C31H39ClN2O3/c32-24-14-11-22(12-15-24)20-31(33)17-6-18-34(21-31)30(36)28(19-29(35)37-25-8-2-1-3-9-25)27-16-13-23-7-4-5-10-26(23)27/h4-5,7,10-12,14-15,25,27-28H,1-3,6,8-9,13,16-21,33H2/t27-,28+,31-/m1/s1. The predicted octanol–water partition coefficient (Wildman–Crippen LogP) is 5.81. The largest absolute Gasteiger partial charge is 0.462 e. The van der Waals surface area contributed by atoms with Crippen molar-refractivity contribution in [2.75, 3.05) is 13.1 Å². The van der Waals surface area contributed by atoms with Gasteiger partial charge in [-0.15, -0.1) is 0 Å². The summed E-state index contributed by atoms with van der Waals surface area (Å²) in [5, 5.41) is 0.704. The van der Waals surface area contributed by atoms with Crippen LogP contribution < -0.4 is 5.73 Å². The summed E-state index contributed by atoms with van der Waals surface area (Å²) < 4.78 is 5.89. The number of carbonyl (C=O) groups excluding carboxylic acids is 2. The number of nitrogens with two attached hydrogens (primary N) is 1. The number of esters is 1. The quantitative estimate of drug-likeness (QED) is 0.465. The number of likely N-dealkylation sites (tertiary alicyclic amines) is 1. The fourth-order valence-corrected chi connectivity index (χ4v) is 6.87. The molecular weight excluding hydrogens is 484 g/mol. The van der Waals surface area contributed by atoms with Crippen LogP contribution in [0, 0.1) is 5.92 Å². The highest BCUT2D eigenvalue weighted by Gasteiger charge is 2.41. The number of hydrogen-bond donors (Lipinski definition) is 1. The van der Waals surface area contributed by atoms with Gasteiger partial charge >= 0.3 is 5.97 Å². The number of halogens is 1. The zero-order chi connectivity index (χ0) is 25.8. The predicted molar refractivity (Wildman–Crippen MR) is 146 cm³/mol. The molecule has 1 aliphatic heterocycles. The first kappa shape index (κ1) is 26.2. The third kappa shape index (κ3) is 6.38. The van der Waals surface area contributed by atoms with Crippen LogP contribution in [0.3, 0.4) is 0 Å². The second-order valence-electron chi connectivity index (χ2n) is 11.4. The van der Waals surface area contributed by atoms with Crippen molar-refractivity contribution >= 4 is 23.5 Å². The van der Waals surface area contributed by atoms with Crippen molar-refractivity contribution in [1.29, 1.82) is 0 Å². The molecule has 37 heavy (non-hydrogen) atoms. The van der Waals surface area contributed by atoms with Crippen LogP contribution in [0.15, 0.2) is 48.5 Å². The molecule has 2 aliphatic carbocycles. The number of ether oxygens (including phenoxy) is 1. The zero-order valence-corrected chi connectivity index (χ0v) is 22.4. The van der Waals surface area contributed by atoms with Gasteiger partial charge in [0.2, 0.25) is 5.91 Å². The fourth-order valence-electron chi connectivity index (χ4n) is 6.74. The van der Waals surface area contributed by atoms with Gasteiger partial charge < -0.3 is 15.4 Å². The Kier molecular flexibility index (Phi) is 8.21. The molecule has 1 amide bonds. The van der Waals surface area contributed by atoms with Crippen LogP contribution >= 0.6 is 11.6 Å². The second-order valence-corrected chi connectivity index (χ2v) is 11.9. The number of carbonyl (C=O) groups is 2. The van der Waals surface area contributed by atoms with E-state index in [0.717, 1.165) is 56.9 Å². The normalized spacial score (nSPS) is 24.9. The summed E-state index contributed by atoms with van der Waals surface area (Å²) in [7, 11) is 0. The monoisotopic (exact) mass is 522 g/mol. The van der Waals surface area contributed by atoms with Crippen LogP contribution in [0.25, 0.3) is 0 Å². The molecule has 0 radical (unpaired) electrons. The van der Waals surface area contributed by atoms with E-state index in [1.807, 2.05) is 35.2 Å². The first-order valence-electron chi connectivity index (χ1n) is 14.0. The van der Waals surface area contributed by atoms with E-state index in [1.54, 1.807) is 0 Å². The summed E-state index contributed by atoms with van der Waals surface area (Å²) in [4.78, 5) is 29.2. The first-order valence-corrected chi connectivity index (χ1v) is 14.4. The molecule has 2 fully saturated rings. The first-order chi connectivity index (χ1) is 17.9. The highest BCUT2D eigenvalue weighted by atomic mass is 35.5. The molecule has 5 nitrogen and oxygen atoms in total. The Bertz CT molecular complexity index is 1100. The van der Waals surface area contributed by atoms with E-state index in [2.05, 4.69) is 18.2 Å². The summed E-state index contributed by atoms with van der Waals surface area (Å²) in [6.45, 7) is 1.18. The second kappa shape index (κ2) is 11.6. The minimum Gasteiger partial charge on any atom is -0.462 e. The number of hydrogen-bond acceptors (Lipinski definition) is 4. The highest BCUT2D eigenvalue weighted by molar-refractivity contribution is 6.30. The third-order valence-corrected chi connectivity index (χ3v) is 8.86. The van der Waals surface area contributed by atoms with Crippen molar-refractivity contribution in [3.8, 4) is 0 Å². The lowest BCUT2D eigenvalue weighted by molar-refractivity contribution is -0.155. The molecule has 2 aromatic rings. The van der Waals surface area contributed by atoms with Gasteiger partial charge in [0, 0.05) is 23.7 Å². The van der Waals surface area contributed by atoms with Gasteiger partial charge in [0.1, 0.15) is 6.10 Å². The highest BCUT2D eigenvalue weighted by Crippen LogP contribution is 2.41. The maximum atomic E-state index is 14.2. The molecule has 1 saturated carbocycles. The van der Waals surface area contributed by atoms with Gasteiger partial charge in [0.25, 0.3) is 0 Å². The number of piperidine rings is 1. The van der Waals surface area contributed by atoms with Crippen LogP contribution in [0.2, 0.25) is 5.02 Å². The zero-order valence-electron chi connectivity index (χ0n) is 21.7. The average molecular weight is 523 g/mol. The van der Waals surface area contributed by atoms with Gasteiger partial charge in [-0.3, -0.25) is 9.59 Å². The Morgan fingerprint density at radius 2 is 1.78 bits per heavy atom. The van der Waals surface area contributed by atoms with E-state index < -0.39 is 11.5 Å². The van der Waals surface area contributed by atoms with E-state index in [4.69, 9.17) is 22.1 Å². The van der Waals surface area contributed by atoms with Crippen LogP contribution in [0.5, 0.6) is 0 Å². The molecule has 0 spiro atoms. The molecule has 2 N–H and O–H groups in total. The van der Waals surface area contributed by atoms with E-state index in [1.165, 1.54) is 17.5 Å². The number of rotatable bonds is 7. The van der Waals surface area contributed by atoms with Gasteiger partial charge in [0.15, 0.2) is 0 Å². The lowest BCUT2D eigenvalue weighted by Crippen LogP contribution is -2.58. The topological polar surface area (TPSA) is 72.6 Å². The van der Waals surface area contributed by atoms with Gasteiger partial charge in [-0.25, -0.2) is 0 Å². The summed E-state index contributed by atoms with van der Waals surface area (Å²) in [5.74, 6) is -0.565.